The maximum absolute atomic E-state index is 4.38. The molecule has 0 bridgehead atoms. The molecule has 0 radical (unpaired) electrons. The van der Waals surface area contributed by atoms with Crippen molar-refractivity contribution in [2.45, 2.75) is 53.1 Å². The molecule has 1 rings (SSSR count). The largest absolute Gasteiger partial charge is 0.354 e. The van der Waals surface area contributed by atoms with Crippen molar-refractivity contribution in [3.63, 3.8) is 0 Å². The van der Waals surface area contributed by atoms with Crippen molar-refractivity contribution in [3.05, 3.63) is 29.6 Å². The Bertz CT molecular complexity index is 426. The molecule has 1 aromatic heterocycles. The van der Waals surface area contributed by atoms with Gasteiger partial charge in [-0.3, -0.25) is 9.98 Å². The molecule has 0 aromatic carbocycles. The Morgan fingerprint density at radius 1 is 1.30 bits per heavy atom. The van der Waals surface area contributed by atoms with Gasteiger partial charge >= 0.3 is 0 Å². The summed E-state index contributed by atoms with van der Waals surface area (Å²) in [6.45, 7) is 9.48. The Kier molecular flexibility index (Phi) is 7.05. The summed E-state index contributed by atoms with van der Waals surface area (Å²) in [5.74, 6) is 1.58. The third-order valence-corrected chi connectivity index (χ3v) is 3.32. The van der Waals surface area contributed by atoms with E-state index in [4.69, 9.17) is 0 Å². The Balaban J connectivity index is 2.42. The second-order valence-corrected chi connectivity index (χ2v) is 5.71. The molecule has 0 fully saturated rings. The van der Waals surface area contributed by atoms with E-state index in [1.165, 1.54) is 12.0 Å². The van der Waals surface area contributed by atoms with E-state index in [2.05, 4.69) is 54.4 Å². The molecule has 1 heterocycles. The number of nitrogens with one attached hydrogen (secondary N) is 2. The lowest BCUT2D eigenvalue weighted by Gasteiger charge is -2.18. The van der Waals surface area contributed by atoms with Crippen LogP contribution in [0.25, 0.3) is 0 Å². The summed E-state index contributed by atoms with van der Waals surface area (Å²) in [6.07, 6.45) is 4.21. The van der Waals surface area contributed by atoms with E-state index in [-0.39, 0.29) is 0 Å². The summed E-state index contributed by atoms with van der Waals surface area (Å²) in [4.78, 5) is 8.64. The van der Waals surface area contributed by atoms with E-state index < -0.39 is 0 Å². The summed E-state index contributed by atoms with van der Waals surface area (Å²) in [7, 11) is 1.80. The van der Waals surface area contributed by atoms with Gasteiger partial charge in [0.15, 0.2) is 5.96 Å². The zero-order valence-corrected chi connectivity index (χ0v) is 13.4. The highest BCUT2D eigenvalue weighted by atomic mass is 15.2. The highest BCUT2D eigenvalue weighted by Crippen LogP contribution is 2.06. The minimum atomic E-state index is 0.424. The summed E-state index contributed by atoms with van der Waals surface area (Å²) >= 11 is 0. The zero-order valence-electron chi connectivity index (χ0n) is 13.4. The minimum Gasteiger partial charge on any atom is -0.354 e. The van der Waals surface area contributed by atoms with Crippen molar-refractivity contribution in [1.82, 2.24) is 15.6 Å². The number of guanidine groups is 1. The SMILES string of the molecule is CN=C(NCc1ncccc1C)NC(C)CCC(C)C. The molecule has 4 heteroatoms. The predicted octanol–water partition coefficient (Wildman–Crippen LogP) is 2.88. The molecule has 2 N–H and O–H groups in total. The van der Waals surface area contributed by atoms with Crippen molar-refractivity contribution < 1.29 is 0 Å². The Morgan fingerprint density at radius 2 is 2.05 bits per heavy atom. The molecule has 0 saturated carbocycles. The normalized spacial score (nSPS) is 13.4. The molecule has 0 aliphatic carbocycles. The van der Waals surface area contributed by atoms with Crippen LogP contribution in [0.1, 0.15) is 44.9 Å². The smallest absolute Gasteiger partial charge is 0.191 e. The quantitative estimate of drug-likeness (QED) is 0.620. The fourth-order valence-electron chi connectivity index (χ4n) is 1.95. The Hall–Kier alpha value is -1.58. The standard InChI is InChI=1S/C16H28N4/c1-12(2)8-9-14(4)20-16(17-5)19-11-15-13(3)7-6-10-18-15/h6-7,10,12,14H,8-9,11H2,1-5H3,(H2,17,19,20). The highest BCUT2D eigenvalue weighted by molar-refractivity contribution is 5.79. The third-order valence-electron chi connectivity index (χ3n) is 3.32. The number of pyridine rings is 1. The molecule has 20 heavy (non-hydrogen) atoms. The summed E-state index contributed by atoms with van der Waals surface area (Å²) in [5, 5.41) is 6.74. The Labute approximate surface area is 123 Å². The first kappa shape index (κ1) is 16.5. The fourth-order valence-corrected chi connectivity index (χ4v) is 1.95. The van der Waals surface area contributed by atoms with Gasteiger partial charge in [0, 0.05) is 19.3 Å². The van der Waals surface area contributed by atoms with Gasteiger partial charge < -0.3 is 10.6 Å². The van der Waals surface area contributed by atoms with Crippen molar-refractivity contribution in [1.29, 1.82) is 0 Å². The lowest BCUT2D eigenvalue weighted by Crippen LogP contribution is -2.42. The van der Waals surface area contributed by atoms with Crippen LogP contribution in [0.2, 0.25) is 0 Å². The second kappa shape index (κ2) is 8.56. The molecule has 0 spiro atoms. The van der Waals surface area contributed by atoms with E-state index >= 15 is 0 Å². The zero-order chi connectivity index (χ0) is 15.0. The van der Waals surface area contributed by atoms with E-state index in [0.717, 1.165) is 24.0 Å². The minimum absolute atomic E-state index is 0.424. The van der Waals surface area contributed by atoms with Crippen LogP contribution in [0.4, 0.5) is 0 Å². The van der Waals surface area contributed by atoms with Crippen molar-refractivity contribution in [3.8, 4) is 0 Å². The summed E-state index contributed by atoms with van der Waals surface area (Å²) < 4.78 is 0. The van der Waals surface area contributed by atoms with Gasteiger partial charge in [0.2, 0.25) is 0 Å². The van der Waals surface area contributed by atoms with Gasteiger partial charge in [-0.1, -0.05) is 19.9 Å². The Morgan fingerprint density at radius 3 is 2.65 bits per heavy atom. The molecule has 112 valence electrons. The fraction of sp³-hybridized carbons (Fsp3) is 0.625. The number of rotatable bonds is 6. The monoisotopic (exact) mass is 276 g/mol. The highest BCUT2D eigenvalue weighted by Gasteiger charge is 2.07. The summed E-state index contributed by atoms with van der Waals surface area (Å²) in [6, 6.07) is 4.46. The van der Waals surface area contributed by atoms with Crippen LogP contribution < -0.4 is 10.6 Å². The number of nitrogens with zero attached hydrogens (tertiary/aromatic N) is 2. The molecule has 1 atom stereocenters. The first-order chi connectivity index (χ1) is 9.52. The molecule has 1 aromatic rings. The number of aryl methyl sites for hydroxylation is 1. The summed E-state index contributed by atoms with van der Waals surface area (Å²) in [5.41, 5.74) is 2.26. The topological polar surface area (TPSA) is 49.3 Å². The van der Waals surface area contributed by atoms with E-state index in [1.54, 1.807) is 7.05 Å². The van der Waals surface area contributed by atoms with Crippen molar-refractivity contribution in [2.75, 3.05) is 7.05 Å². The average Bonchev–Trinajstić information content (AvgIpc) is 2.42. The molecular formula is C16H28N4. The number of aliphatic imine (C=N–C) groups is 1. The maximum atomic E-state index is 4.38. The van der Waals surface area contributed by atoms with E-state index in [1.807, 2.05) is 12.3 Å². The van der Waals surface area contributed by atoms with Crippen molar-refractivity contribution in [2.24, 2.45) is 10.9 Å². The van der Waals surface area contributed by atoms with Gasteiger partial charge in [-0.25, -0.2) is 0 Å². The lowest BCUT2D eigenvalue weighted by molar-refractivity contribution is 0.489. The number of aromatic nitrogens is 1. The van der Waals surface area contributed by atoms with Crippen LogP contribution >= 0.6 is 0 Å². The van der Waals surface area contributed by atoms with E-state index in [9.17, 15) is 0 Å². The molecule has 0 amide bonds. The number of hydrogen-bond acceptors (Lipinski definition) is 2. The van der Waals surface area contributed by atoms with Gasteiger partial charge in [0.25, 0.3) is 0 Å². The predicted molar refractivity (Wildman–Crippen MR) is 85.8 cm³/mol. The first-order valence-electron chi connectivity index (χ1n) is 7.40. The molecule has 1 unspecified atom stereocenters. The molecule has 0 aliphatic rings. The van der Waals surface area contributed by atoms with Gasteiger partial charge in [-0.05, 0) is 44.2 Å². The average molecular weight is 276 g/mol. The second-order valence-electron chi connectivity index (χ2n) is 5.71. The molecule has 0 aliphatic heterocycles. The maximum Gasteiger partial charge on any atom is 0.191 e. The first-order valence-corrected chi connectivity index (χ1v) is 7.40. The van der Waals surface area contributed by atoms with Gasteiger partial charge in [-0.15, -0.1) is 0 Å². The lowest BCUT2D eigenvalue weighted by atomic mass is 10.0. The molecule has 4 nitrogen and oxygen atoms in total. The van der Waals surface area contributed by atoms with Crippen LogP contribution in [-0.2, 0) is 6.54 Å². The molecule has 0 saturated heterocycles. The van der Waals surface area contributed by atoms with Gasteiger partial charge in [0.05, 0.1) is 12.2 Å². The van der Waals surface area contributed by atoms with Gasteiger partial charge in [0.1, 0.15) is 0 Å². The third kappa shape index (κ3) is 6.04. The van der Waals surface area contributed by atoms with Gasteiger partial charge in [-0.2, -0.15) is 0 Å². The van der Waals surface area contributed by atoms with Crippen LogP contribution in [0.3, 0.4) is 0 Å². The number of hydrogen-bond donors (Lipinski definition) is 2. The molecular weight excluding hydrogens is 248 g/mol. The van der Waals surface area contributed by atoms with Crippen LogP contribution in [0.15, 0.2) is 23.3 Å². The van der Waals surface area contributed by atoms with Crippen LogP contribution in [0, 0.1) is 12.8 Å². The van der Waals surface area contributed by atoms with Crippen molar-refractivity contribution >= 4 is 5.96 Å². The van der Waals surface area contributed by atoms with E-state index in [0.29, 0.717) is 12.6 Å². The van der Waals surface area contributed by atoms with Crippen LogP contribution in [-0.4, -0.2) is 24.0 Å². The van der Waals surface area contributed by atoms with Crippen LogP contribution in [0.5, 0.6) is 0 Å².